The Morgan fingerprint density at radius 2 is 2.15 bits per heavy atom. The van der Waals surface area contributed by atoms with Gasteiger partial charge in [0.05, 0.1) is 17.8 Å². The third-order valence-electron chi connectivity index (χ3n) is 5.24. The zero-order chi connectivity index (χ0) is 18.3. The van der Waals surface area contributed by atoms with Crippen molar-refractivity contribution in [3.8, 4) is 5.82 Å². The van der Waals surface area contributed by atoms with E-state index in [1.54, 1.807) is 6.20 Å². The van der Waals surface area contributed by atoms with Crippen LogP contribution < -0.4 is 5.32 Å². The maximum atomic E-state index is 13.0. The lowest BCUT2D eigenvalue weighted by molar-refractivity contribution is 0.0932. The fourth-order valence-electron chi connectivity index (χ4n) is 3.92. The van der Waals surface area contributed by atoms with Crippen molar-refractivity contribution >= 4 is 5.91 Å². The summed E-state index contributed by atoms with van der Waals surface area (Å²) in [6, 6.07) is 7.75. The number of nitrogens with zero attached hydrogens (tertiary/aromatic N) is 4. The Bertz CT molecular complexity index is 954. The quantitative estimate of drug-likeness (QED) is 0.790. The van der Waals surface area contributed by atoms with Crippen LogP contribution in [0.4, 0.5) is 0 Å². The first-order chi connectivity index (χ1) is 12.6. The van der Waals surface area contributed by atoms with Gasteiger partial charge in [-0.2, -0.15) is 5.10 Å². The zero-order valence-corrected chi connectivity index (χ0v) is 15.4. The molecule has 26 heavy (non-hydrogen) atoms. The molecule has 1 N–H and O–H groups in total. The predicted molar refractivity (Wildman–Crippen MR) is 99.4 cm³/mol. The normalized spacial score (nSPS) is 16.3. The fourth-order valence-corrected chi connectivity index (χ4v) is 3.92. The van der Waals surface area contributed by atoms with E-state index in [0.29, 0.717) is 5.56 Å². The summed E-state index contributed by atoms with van der Waals surface area (Å²) in [6.07, 6.45) is 6.68. The first kappa shape index (κ1) is 16.6. The summed E-state index contributed by atoms with van der Waals surface area (Å²) in [5.74, 6) is 0.788. The van der Waals surface area contributed by atoms with Crippen LogP contribution in [0.1, 0.15) is 51.9 Å². The average molecular weight is 349 g/mol. The topological polar surface area (TPSA) is 64.7 Å². The minimum absolute atomic E-state index is 0.0258. The van der Waals surface area contributed by atoms with Crippen LogP contribution in [0.15, 0.2) is 36.7 Å². The molecule has 6 nitrogen and oxygen atoms in total. The van der Waals surface area contributed by atoms with E-state index in [1.807, 2.05) is 60.6 Å². The SMILES string of the molecule is Cc1cc(C(=O)N[C@H]2CCCc3c2cnn3C)c(C)n1-c1ccccn1. The smallest absolute Gasteiger partial charge is 0.253 e. The van der Waals surface area contributed by atoms with E-state index in [4.69, 9.17) is 0 Å². The first-order valence-corrected chi connectivity index (χ1v) is 8.98. The second-order valence-corrected chi connectivity index (χ2v) is 6.90. The first-order valence-electron chi connectivity index (χ1n) is 8.98. The lowest BCUT2D eigenvalue weighted by Crippen LogP contribution is -2.31. The van der Waals surface area contributed by atoms with Crippen molar-refractivity contribution in [1.82, 2.24) is 24.6 Å². The Kier molecular flexibility index (Phi) is 4.11. The molecule has 0 bridgehead atoms. The van der Waals surface area contributed by atoms with E-state index in [-0.39, 0.29) is 11.9 Å². The van der Waals surface area contributed by atoms with Crippen LogP contribution in [0.25, 0.3) is 5.82 Å². The third-order valence-corrected chi connectivity index (χ3v) is 5.24. The second kappa shape index (κ2) is 6.44. The fraction of sp³-hybridized carbons (Fsp3) is 0.350. The number of hydrogen-bond donors (Lipinski definition) is 1. The van der Waals surface area contributed by atoms with E-state index in [9.17, 15) is 4.79 Å². The number of carbonyl (C=O) groups excluding carboxylic acids is 1. The van der Waals surface area contributed by atoms with Crippen LogP contribution in [0.5, 0.6) is 0 Å². The van der Waals surface area contributed by atoms with Gasteiger partial charge in [0.1, 0.15) is 5.82 Å². The van der Waals surface area contributed by atoms with Gasteiger partial charge in [-0.25, -0.2) is 4.98 Å². The van der Waals surface area contributed by atoms with Gasteiger partial charge in [-0.05, 0) is 51.3 Å². The molecule has 1 aliphatic carbocycles. The average Bonchev–Trinajstić information content (AvgIpc) is 3.16. The van der Waals surface area contributed by atoms with Gasteiger partial charge in [0.25, 0.3) is 5.91 Å². The molecule has 0 saturated heterocycles. The Labute approximate surface area is 152 Å². The highest BCUT2D eigenvalue weighted by atomic mass is 16.1. The summed E-state index contributed by atoms with van der Waals surface area (Å²) in [6.45, 7) is 3.96. The molecule has 0 saturated carbocycles. The maximum Gasteiger partial charge on any atom is 0.253 e. The van der Waals surface area contributed by atoms with Crippen LogP contribution in [-0.2, 0) is 13.5 Å². The van der Waals surface area contributed by atoms with Crippen LogP contribution in [0.3, 0.4) is 0 Å². The molecule has 0 aromatic carbocycles. The van der Waals surface area contributed by atoms with Gasteiger partial charge in [-0.15, -0.1) is 0 Å². The van der Waals surface area contributed by atoms with Gasteiger partial charge >= 0.3 is 0 Å². The Balaban J connectivity index is 1.62. The molecular formula is C20H23N5O. The highest BCUT2D eigenvalue weighted by molar-refractivity contribution is 5.96. The summed E-state index contributed by atoms with van der Waals surface area (Å²) in [4.78, 5) is 17.4. The standard InChI is InChI=1S/C20H23N5O/c1-13-11-15(14(2)25(13)19-9-4-5-10-21-19)20(26)23-17-7-6-8-18-16(17)12-22-24(18)3/h4-5,9-12,17H,6-8H2,1-3H3,(H,23,26)/t17-/m0/s1. The van der Waals surface area contributed by atoms with E-state index in [0.717, 1.165) is 42.0 Å². The van der Waals surface area contributed by atoms with Gasteiger partial charge in [0.2, 0.25) is 0 Å². The van der Waals surface area contributed by atoms with Crippen molar-refractivity contribution in [3.63, 3.8) is 0 Å². The van der Waals surface area contributed by atoms with Gasteiger partial charge in [0.15, 0.2) is 0 Å². The summed E-state index contributed by atoms with van der Waals surface area (Å²) in [7, 11) is 1.96. The van der Waals surface area contributed by atoms with Crippen molar-refractivity contribution < 1.29 is 4.79 Å². The monoisotopic (exact) mass is 349 g/mol. The van der Waals surface area contributed by atoms with Crippen molar-refractivity contribution in [2.45, 2.75) is 39.2 Å². The minimum atomic E-state index is -0.0398. The summed E-state index contributed by atoms with van der Waals surface area (Å²) >= 11 is 0. The van der Waals surface area contributed by atoms with Crippen LogP contribution in [-0.4, -0.2) is 25.2 Å². The van der Waals surface area contributed by atoms with Crippen LogP contribution in [0.2, 0.25) is 0 Å². The number of nitrogens with one attached hydrogen (secondary N) is 1. The minimum Gasteiger partial charge on any atom is -0.345 e. The third kappa shape index (κ3) is 2.71. The molecule has 6 heteroatoms. The Morgan fingerprint density at radius 3 is 2.92 bits per heavy atom. The van der Waals surface area contributed by atoms with Crippen LogP contribution in [0, 0.1) is 13.8 Å². The molecule has 0 spiro atoms. The Morgan fingerprint density at radius 1 is 1.31 bits per heavy atom. The molecule has 3 aromatic rings. The van der Waals surface area contributed by atoms with Crippen molar-refractivity contribution in [3.05, 3.63) is 64.9 Å². The largest absolute Gasteiger partial charge is 0.345 e. The highest BCUT2D eigenvalue weighted by Gasteiger charge is 2.26. The maximum absolute atomic E-state index is 13.0. The summed E-state index contributed by atoms with van der Waals surface area (Å²) in [5, 5.41) is 7.57. The second-order valence-electron chi connectivity index (χ2n) is 6.90. The number of aromatic nitrogens is 4. The lowest BCUT2D eigenvalue weighted by Gasteiger charge is -2.23. The number of hydrogen-bond acceptors (Lipinski definition) is 3. The van der Waals surface area contributed by atoms with Gasteiger partial charge < -0.3 is 9.88 Å². The highest BCUT2D eigenvalue weighted by Crippen LogP contribution is 2.30. The molecule has 4 rings (SSSR count). The lowest BCUT2D eigenvalue weighted by atomic mass is 9.93. The molecule has 134 valence electrons. The molecule has 1 amide bonds. The molecule has 0 unspecified atom stereocenters. The van der Waals surface area contributed by atoms with Crippen LogP contribution >= 0.6 is 0 Å². The van der Waals surface area contributed by atoms with E-state index in [2.05, 4.69) is 15.4 Å². The van der Waals surface area contributed by atoms with Gasteiger partial charge in [0, 0.05) is 35.9 Å². The Hall–Kier alpha value is -2.89. The predicted octanol–water partition coefficient (Wildman–Crippen LogP) is 3.03. The molecule has 0 aliphatic heterocycles. The van der Waals surface area contributed by atoms with Crippen molar-refractivity contribution in [2.75, 3.05) is 0 Å². The zero-order valence-electron chi connectivity index (χ0n) is 15.4. The molecule has 1 atom stereocenters. The van der Waals surface area contributed by atoms with Crippen molar-refractivity contribution in [1.29, 1.82) is 0 Å². The van der Waals surface area contributed by atoms with Gasteiger partial charge in [-0.1, -0.05) is 6.07 Å². The molecule has 1 aliphatic rings. The summed E-state index contributed by atoms with van der Waals surface area (Å²) < 4.78 is 3.94. The van der Waals surface area contributed by atoms with E-state index < -0.39 is 0 Å². The number of aryl methyl sites for hydroxylation is 2. The number of fused-ring (bicyclic) bond motifs is 1. The molecule has 0 fully saturated rings. The number of amides is 1. The number of pyridine rings is 1. The van der Waals surface area contributed by atoms with Gasteiger partial charge in [-0.3, -0.25) is 9.48 Å². The number of rotatable bonds is 3. The van der Waals surface area contributed by atoms with E-state index in [1.165, 1.54) is 5.69 Å². The molecular weight excluding hydrogens is 326 g/mol. The molecule has 3 aromatic heterocycles. The summed E-state index contributed by atoms with van der Waals surface area (Å²) in [5.41, 5.74) is 4.97. The van der Waals surface area contributed by atoms with E-state index >= 15 is 0 Å². The molecule has 0 radical (unpaired) electrons. The van der Waals surface area contributed by atoms with Crippen molar-refractivity contribution in [2.24, 2.45) is 7.05 Å². The number of carbonyl (C=O) groups is 1. The molecule has 3 heterocycles.